The van der Waals surface area contributed by atoms with E-state index in [0.717, 1.165) is 19.3 Å². The molecule has 6 heteroatoms. The van der Waals surface area contributed by atoms with E-state index in [1.807, 2.05) is 0 Å². The highest BCUT2D eigenvalue weighted by molar-refractivity contribution is 7.89. The third kappa shape index (κ3) is 3.83. The third-order valence-electron chi connectivity index (χ3n) is 4.10. The summed E-state index contributed by atoms with van der Waals surface area (Å²) >= 11 is 0. The van der Waals surface area contributed by atoms with Gasteiger partial charge in [0.15, 0.2) is 0 Å². The van der Waals surface area contributed by atoms with Gasteiger partial charge in [0, 0.05) is 11.6 Å². The van der Waals surface area contributed by atoms with Crippen molar-refractivity contribution in [3.63, 3.8) is 0 Å². The fraction of sp³-hybridized carbons (Fsp3) is 0.533. The van der Waals surface area contributed by atoms with E-state index in [-0.39, 0.29) is 16.8 Å². The molecule has 1 aromatic rings. The number of carbonyl (C=O) groups excluding carboxylic acids is 1. The van der Waals surface area contributed by atoms with E-state index in [1.165, 1.54) is 25.6 Å². The summed E-state index contributed by atoms with van der Waals surface area (Å²) in [6, 6.07) is 6.29. The largest absolute Gasteiger partial charge is 0.349 e. The van der Waals surface area contributed by atoms with Crippen LogP contribution in [0.1, 0.15) is 43.0 Å². The zero-order chi connectivity index (χ0) is 15.5. The first-order valence-corrected chi connectivity index (χ1v) is 8.77. The second kappa shape index (κ2) is 6.58. The number of nitrogens with one attached hydrogen (secondary N) is 2. The Labute approximate surface area is 126 Å². The maximum Gasteiger partial charge on any atom is 0.251 e. The Morgan fingerprint density at radius 3 is 2.62 bits per heavy atom. The smallest absolute Gasteiger partial charge is 0.251 e. The van der Waals surface area contributed by atoms with Crippen LogP contribution in [-0.2, 0) is 10.0 Å². The first kappa shape index (κ1) is 16.0. The second-order valence-corrected chi connectivity index (χ2v) is 7.46. The van der Waals surface area contributed by atoms with Crippen molar-refractivity contribution in [2.24, 2.45) is 5.92 Å². The van der Waals surface area contributed by atoms with Crippen molar-refractivity contribution in [2.45, 2.75) is 43.5 Å². The zero-order valence-corrected chi connectivity index (χ0v) is 13.2. The van der Waals surface area contributed by atoms with Gasteiger partial charge in [0.25, 0.3) is 5.91 Å². The van der Waals surface area contributed by atoms with Gasteiger partial charge < -0.3 is 5.32 Å². The molecule has 2 atom stereocenters. The first-order valence-electron chi connectivity index (χ1n) is 7.28. The van der Waals surface area contributed by atoms with Crippen LogP contribution in [0.3, 0.4) is 0 Å². The van der Waals surface area contributed by atoms with Crippen LogP contribution in [0.5, 0.6) is 0 Å². The summed E-state index contributed by atoms with van der Waals surface area (Å²) in [7, 11) is -2.18. The van der Waals surface area contributed by atoms with Crippen LogP contribution >= 0.6 is 0 Å². The summed E-state index contributed by atoms with van der Waals surface area (Å²) in [5, 5.41) is 3.03. The topological polar surface area (TPSA) is 75.3 Å². The Kier molecular flexibility index (Phi) is 5.00. The van der Waals surface area contributed by atoms with Gasteiger partial charge in [-0.15, -0.1) is 0 Å². The van der Waals surface area contributed by atoms with Crippen molar-refractivity contribution >= 4 is 15.9 Å². The number of amides is 1. The van der Waals surface area contributed by atoms with Crippen molar-refractivity contribution in [2.75, 3.05) is 7.05 Å². The van der Waals surface area contributed by atoms with Gasteiger partial charge in [-0.3, -0.25) is 4.79 Å². The quantitative estimate of drug-likeness (QED) is 0.892. The van der Waals surface area contributed by atoms with Crippen molar-refractivity contribution in [1.82, 2.24) is 10.0 Å². The molecule has 1 saturated carbocycles. The number of hydrogen-bond donors (Lipinski definition) is 2. The standard InChI is InChI=1S/C15H22N2O3S/c1-11-6-3-4-9-14(11)17-15(18)12-7-5-8-13(10-12)21(19,20)16-2/h5,7-8,10-11,14,16H,3-4,6,9H2,1-2H3,(H,17,18)/t11-,14+/m1/s1. The lowest BCUT2D eigenvalue weighted by Crippen LogP contribution is -2.41. The average molecular weight is 310 g/mol. The lowest BCUT2D eigenvalue weighted by Gasteiger charge is -2.29. The zero-order valence-electron chi connectivity index (χ0n) is 12.4. The summed E-state index contributed by atoms with van der Waals surface area (Å²) in [6.45, 7) is 2.14. The highest BCUT2D eigenvalue weighted by atomic mass is 32.2. The van der Waals surface area contributed by atoms with Crippen LogP contribution in [0.25, 0.3) is 0 Å². The summed E-state index contributed by atoms with van der Waals surface area (Å²) in [5.74, 6) is 0.258. The summed E-state index contributed by atoms with van der Waals surface area (Å²) in [5.41, 5.74) is 0.379. The molecule has 0 aliphatic heterocycles. The van der Waals surface area contributed by atoms with Crippen molar-refractivity contribution < 1.29 is 13.2 Å². The molecule has 0 bridgehead atoms. The SMILES string of the molecule is CNS(=O)(=O)c1cccc(C(=O)N[C@H]2CCCC[C@H]2C)c1. The van der Waals surface area contributed by atoms with Crippen molar-refractivity contribution in [3.05, 3.63) is 29.8 Å². The number of carbonyl (C=O) groups is 1. The van der Waals surface area contributed by atoms with Crippen LogP contribution in [0.2, 0.25) is 0 Å². The Morgan fingerprint density at radius 2 is 1.95 bits per heavy atom. The fourth-order valence-corrected chi connectivity index (χ4v) is 3.48. The molecule has 0 spiro atoms. The molecule has 0 saturated heterocycles. The number of benzene rings is 1. The Bertz CT molecular complexity index is 613. The summed E-state index contributed by atoms with van der Waals surface area (Å²) in [4.78, 5) is 12.4. The van der Waals surface area contributed by atoms with Gasteiger partial charge in [0.2, 0.25) is 10.0 Å². The van der Waals surface area contributed by atoms with Crippen molar-refractivity contribution in [1.29, 1.82) is 0 Å². The Balaban J connectivity index is 2.14. The van der Waals surface area contributed by atoms with Crippen LogP contribution in [-0.4, -0.2) is 27.4 Å². The summed E-state index contributed by atoms with van der Waals surface area (Å²) in [6.07, 6.45) is 4.45. The molecule has 2 rings (SSSR count). The van der Waals surface area contributed by atoms with E-state index < -0.39 is 10.0 Å². The van der Waals surface area contributed by atoms with E-state index in [1.54, 1.807) is 12.1 Å². The van der Waals surface area contributed by atoms with Gasteiger partial charge in [0.1, 0.15) is 0 Å². The summed E-state index contributed by atoms with van der Waals surface area (Å²) < 4.78 is 25.8. The molecule has 1 amide bonds. The lowest BCUT2D eigenvalue weighted by molar-refractivity contribution is 0.0910. The minimum Gasteiger partial charge on any atom is -0.349 e. The lowest BCUT2D eigenvalue weighted by atomic mass is 9.86. The molecule has 1 fully saturated rings. The van der Waals surface area contributed by atoms with Crippen molar-refractivity contribution in [3.8, 4) is 0 Å². The van der Waals surface area contributed by atoms with E-state index >= 15 is 0 Å². The second-order valence-electron chi connectivity index (χ2n) is 5.58. The van der Waals surface area contributed by atoms with Crippen LogP contribution < -0.4 is 10.0 Å². The number of hydrogen-bond acceptors (Lipinski definition) is 3. The van der Waals surface area contributed by atoms with E-state index in [2.05, 4.69) is 17.0 Å². The number of rotatable bonds is 4. The number of sulfonamides is 1. The third-order valence-corrected chi connectivity index (χ3v) is 5.52. The molecule has 1 aliphatic rings. The van der Waals surface area contributed by atoms with Gasteiger partial charge in [-0.1, -0.05) is 25.8 Å². The highest BCUT2D eigenvalue weighted by Crippen LogP contribution is 2.24. The van der Waals surface area contributed by atoms with E-state index in [0.29, 0.717) is 11.5 Å². The molecule has 21 heavy (non-hydrogen) atoms. The fourth-order valence-electron chi connectivity index (χ4n) is 2.70. The molecular weight excluding hydrogens is 288 g/mol. The predicted octanol–water partition coefficient (Wildman–Crippen LogP) is 1.90. The van der Waals surface area contributed by atoms with E-state index in [4.69, 9.17) is 0 Å². The van der Waals surface area contributed by atoms with Crippen LogP contribution in [0.15, 0.2) is 29.2 Å². The van der Waals surface area contributed by atoms with Gasteiger partial charge in [-0.05, 0) is 44.0 Å². The minimum atomic E-state index is -3.53. The Morgan fingerprint density at radius 1 is 1.24 bits per heavy atom. The molecule has 1 aliphatic carbocycles. The molecule has 0 radical (unpaired) electrons. The molecule has 2 N–H and O–H groups in total. The predicted molar refractivity (Wildman–Crippen MR) is 81.6 cm³/mol. The molecule has 0 heterocycles. The molecule has 5 nitrogen and oxygen atoms in total. The normalized spacial score (nSPS) is 22.8. The molecular formula is C15H22N2O3S. The first-order chi connectivity index (χ1) is 9.94. The highest BCUT2D eigenvalue weighted by Gasteiger charge is 2.23. The maximum atomic E-state index is 12.3. The van der Waals surface area contributed by atoms with Gasteiger partial charge >= 0.3 is 0 Å². The minimum absolute atomic E-state index is 0.106. The molecule has 1 aromatic carbocycles. The maximum absolute atomic E-state index is 12.3. The molecule has 116 valence electrons. The Hall–Kier alpha value is -1.40. The molecule has 0 aromatic heterocycles. The average Bonchev–Trinajstić information content (AvgIpc) is 2.49. The molecule has 0 unspecified atom stereocenters. The van der Waals surface area contributed by atoms with Gasteiger partial charge in [0.05, 0.1) is 4.90 Å². The van der Waals surface area contributed by atoms with Crippen LogP contribution in [0, 0.1) is 5.92 Å². The van der Waals surface area contributed by atoms with Gasteiger partial charge in [-0.2, -0.15) is 0 Å². The van der Waals surface area contributed by atoms with Crippen LogP contribution in [0.4, 0.5) is 0 Å². The monoisotopic (exact) mass is 310 g/mol. The van der Waals surface area contributed by atoms with Gasteiger partial charge in [-0.25, -0.2) is 13.1 Å². The van der Waals surface area contributed by atoms with E-state index in [9.17, 15) is 13.2 Å².